The standard InChI is InChI=1S/C30H46N2O6/c1-29(2,3)38-28(35)32-24(18-21-12-8-6-9-13-21)26(37-30(32,4)5)25(33)19-31(23-16-17-23)27(34)36-20-22-14-10-7-11-15-22/h7,10-11,14-15,21,23-26,33H,6,8-9,12-13,16-20H2,1-5H3/t24-,25-,26+/m0/s1. The van der Waals surface area contributed by atoms with Crippen LogP contribution in [0.1, 0.15) is 91.5 Å². The quantitative estimate of drug-likeness (QED) is 0.453. The summed E-state index contributed by atoms with van der Waals surface area (Å²) < 4.78 is 17.8. The number of carbonyl (C=O) groups is 2. The third-order valence-electron chi connectivity index (χ3n) is 7.80. The molecule has 3 fully saturated rings. The first-order valence-electron chi connectivity index (χ1n) is 14.3. The second-order valence-electron chi connectivity index (χ2n) is 12.7. The van der Waals surface area contributed by atoms with Crippen LogP contribution < -0.4 is 0 Å². The third kappa shape index (κ3) is 7.41. The van der Waals surface area contributed by atoms with E-state index < -0.39 is 35.7 Å². The van der Waals surface area contributed by atoms with Gasteiger partial charge in [-0.05, 0) is 65.4 Å². The number of amides is 2. The van der Waals surface area contributed by atoms with Crippen molar-refractivity contribution in [1.29, 1.82) is 0 Å². The summed E-state index contributed by atoms with van der Waals surface area (Å²) in [6.45, 7) is 9.54. The number of nitrogens with zero attached hydrogens (tertiary/aromatic N) is 2. The summed E-state index contributed by atoms with van der Waals surface area (Å²) in [5.74, 6) is 0.459. The number of hydrogen-bond acceptors (Lipinski definition) is 6. The van der Waals surface area contributed by atoms with Crippen LogP contribution in [0.5, 0.6) is 0 Å². The summed E-state index contributed by atoms with van der Waals surface area (Å²) in [6.07, 6.45) is 5.89. The molecule has 0 aromatic heterocycles. The summed E-state index contributed by atoms with van der Waals surface area (Å²) in [6, 6.07) is 9.28. The van der Waals surface area contributed by atoms with E-state index in [1.54, 1.807) is 9.80 Å². The molecule has 1 aromatic rings. The molecule has 0 radical (unpaired) electrons. The van der Waals surface area contributed by atoms with Crippen molar-refractivity contribution >= 4 is 12.2 Å². The largest absolute Gasteiger partial charge is 0.445 e. The lowest BCUT2D eigenvalue weighted by Crippen LogP contribution is -2.52. The molecule has 2 aliphatic carbocycles. The molecule has 0 bridgehead atoms. The maximum atomic E-state index is 13.4. The highest BCUT2D eigenvalue weighted by atomic mass is 16.6. The van der Waals surface area contributed by atoms with Gasteiger partial charge in [0.25, 0.3) is 0 Å². The van der Waals surface area contributed by atoms with E-state index in [4.69, 9.17) is 14.2 Å². The fourth-order valence-corrected chi connectivity index (χ4v) is 5.89. The zero-order chi connectivity index (χ0) is 27.5. The molecule has 0 unspecified atom stereocenters. The van der Waals surface area contributed by atoms with Gasteiger partial charge in [-0.25, -0.2) is 9.59 Å². The highest BCUT2D eigenvalue weighted by molar-refractivity contribution is 5.70. The molecule has 8 nitrogen and oxygen atoms in total. The number of hydrogen-bond donors (Lipinski definition) is 1. The van der Waals surface area contributed by atoms with Crippen molar-refractivity contribution in [2.45, 2.75) is 128 Å². The Kier molecular flexibility index (Phi) is 8.92. The Balaban J connectivity index is 1.49. The van der Waals surface area contributed by atoms with Crippen molar-refractivity contribution < 1.29 is 28.9 Å². The molecule has 1 aliphatic heterocycles. The second kappa shape index (κ2) is 11.8. The van der Waals surface area contributed by atoms with Crippen LogP contribution in [0.3, 0.4) is 0 Å². The van der Waals surface area contributed by atoms with E-state index in [-0.39, 0.29) is 25.2 Å². The lowest BCUT2D eigenvalue weighted by Gasteiger charge is -2.37. The van der Waals surface area contributed by atoms with Crippen molar-refractivity contribution in [3.05, 3.63) is 35.9 Å². The Labute approximate surface area is 227 Å². The van der Waals surface area contributed by atoms with Gasteiger partial charge in [0.1, 0.15) is 24.0 Å². The zero-order valence-corrected chi connectivity index (χ0v) is 23.7. The number of aliphatic hydroxyl groups excluding tert-OH is 1. The lowest BCUT2D eigenvalue weighted by atomic mass is 9.82. The van der Waals surface area contributed by atoms with Crippen LogP contribution in [-0.4, -0.2) is 69.3 Å². The van der Waals surface area contributed by atoms with E-state index in [2.05, 4.69) is 0 Å². The molecule has 38 heavy (non-hydrogen) atoms. The minimum absolute atomic E-state index is 0.0566. The van der Waals surface area contributed by atoms with Gasteiger partial charge in [0.2, 0.25) is 0 Å². The summed E-state index contributed by atoms with van der Waals surface area (Å²) >= 11 is 0. The molecule has 1 heterocycles. The summed E-state index contributed by atoms with van der Waals surface area (Å²) in [5, 5.41) is 11.5. The van der Waals surface area contributed by atoms with Gasteiger partial charge in [0.15, 0.2) is 0 Å². The molecule has 0 spiro atoms. The van der Waals surface area contributed by atoms with Crippen molar-refractivity contribution in [1.82, 2.24) is 9.80 Å². The number of ether oxygens (including phenoxy) is 3. The molecular weight excluding hydrogens is 484 g/mol. The van der Waals surface area contributed by atoms with Gasteiger partial charge >= 0.3 is 12.2 Å². The number of benzene rings is 1. The van der Waals surface area contributed by atoms with E-state index in [1.807, 2.05) is 65.0 Å². The molecule has 212 valence electrons. The van der Waals surface area contributed by atoms with E-state index in [0.717, 1.165) is 37.7 Å². The van der Waals surface area contributed by atoms with Gasteiger partial charge in [-0.3, -0.25) is 4.90 Å². The first kappa shape index (κ1) is 28.7. The van der Waals surface area contributed by atoms with Crippen LogP contribution >= 0.6 is 0 Å². The maximum absolute atomic E-state index is 13.4. The van der Waals surface area contributed by atoms with Gasteiger partial charge in [-0.2, -0.15) is 0 Å². The molecule has 3 aliphatic rings. The van der Waals surface area contributed by atoms with E-state index in [9.17, 15) is 14.7 Å². The average molecular weight is 531 g/mol. The monoisotopic (exact) mass is 530 g/mol. The average Bonchev–Trinajstić information content (AvgIpc) is 3.65. The van der Waals surface area contributed by atoms with Crippen molar-refractivity contribution in [2.24, 2.45) is 5.92 Å². The molecule has 4 rings (SSSR count). The molecular formula is C30H46N2O6. The van der Waals surface area contributed by atoms with Crippen LogP contribution in [-0.2, 0) is 20.8 Å². The first-order chi connectivity index (χ1) is 17.9. The number of aliphatic hydroxyl groups is 1. The normalized spacial score (nSPS) is 24.6. The van der Waals surface area contributed by atoms with Crippen LogP contribution in [0, 0.1) is 5.92 Å². The van der Waals surface area contributed by atoms with Crippen molar-refractivity contribution in [3.63, 3.8) is 0 Å². The smallest absolute Gasteiger partial charge is 0.412 e. The van der Waals surface area contributed by atoms with Crippen LogP contribution in [0.25, 0.3) is 0 Å². The van der Waals surface area contributed by atoms with Gasteiger partial charge in [-0.1, -0.05) is 62.4 Å². The Hall–Kier alpha value is -2.32. The fourth-order valence-electron chi connectivity index (χ4n) is 5.89. The van der Waals surface area contributed by atoms with Crippen molar-refractivity contribution in [3.8, 4) is 0 Å². The summed E-state index contributed by atoms with van der Waals surface area (Å²) in [7, 11) is 0. The van der Waals surface area contributed by atoms with Gasteiger partial charge in [0, 0.05) is 6.04 Å². The van der Waals surface area contributed by atoms with Crippen LogP contribution in [0.2, 0.25) is 0 Å². The Morgan fingerprint density at radius 3 is 2.37 bits per heavy atom. The van der Waals surface area contributed by atoms with Gasteiger partial charge in [-0.15, -0.1) is 0 Å². The van der Waals surface area contributed by atoms with Crippen molar-refractivity contribution in [2.75, 3.05) is 6.54 Å². The highest BCUT2D eigenvalue weighted by Crippen LogP contribution is 2.41. The lowest BCUT2D eigenvalue weighted by molar-refractivity contribution is -0.106. The third-order valence-corrected chi connectivity index (χ3v) is 7.80. The minimum Gasteiger partial charge on any atom is -0.445 e. The van der Waals surface area contributed by atoms with E-state index in [1.165, 1.54) is 19.3 Å². The van der Waals surface area contributed by atoms with Crippen LogP contribution in [0.4, 0.5) is 9.59 Å². The topological polar surface area (TPSA) is 88.5 Å². The highest BCUT2D eigenvalue weighted by Gasteiger charge is 2.54. The Bertz CT molecular complexity index is 936. The molecule has 3 atom stereocenters. The van der Waals surface area contributed by atoms with E-state index in [0.29, 0.717) is 5.92 Å². The summed E-state index contributed by atoms with van der Waals surface area (Å²) in [4.78, 5) is 29.8. The molecule has 2 amide bonds. The fraction of sp³-hybridized carbons (Fsp3) is 0.733. The zero-order valence-electron chi connectivity index (χ0n) is 23.7. The second-order valence-corrected chi connectivity index (χ2v) is 12.7. The molecule has 1 saturated heterocycles. The molecule has 1 aromatic carbocycles. The summed E-state index contributed by atoms with van der Waals surface area (Å²) in [5.41, 5.74) is -0.686. The molecule has 8 heteroatoms. The minimum atomic E-state index is -0.972. The van der Waals surface area contributed by atoms with Gasteiger partial charge in [0.05, 0.1) is 18.7 Å². The predicted molar refractivity (Wildman–Crippen MR) is 144 cm³/mol. The van der Waals surface area contributed by atoms with Gasteiger partial charge < -0.3 is 24.2 Å². The van der Waals surface area contributed by atoms with Crippen LogP contribution in [0.15, 0.2) is 30.3 Å². The number of carbonyl (C=O) groups excluding carboxylic acids is 2. The Morgan fingerprint density at radius 1 is 1.11 bits per heavy atom. The molecule has 1 N–H and O–H groups in total. The first-order valence-corrected chi connectivity index (χ1v) is 14.3. The van der Waals surface area contributed by atoms with E-state index >= 15 is 0 Å². The SMILES string of the molecule is CC(C)(C)OC(=O)N1[C@@H](CC2CCCCC2)[C@H]([C@@H](O)CN(C(=O)OCc2ccccc2)C2CC2)OC1(C)C. The molecule has 2 saturated carbocycles. The Morgan fingerprint density at radius 2 is 1.76 bits per heavy atom. The maximum Gasteiger partial charge on any atom is 0.412 e. The predicted octanol–water partition coefficient (Wildman–Crippen LogP) is 5.86. The number of rotatable bonds is 8.